The van der Waals surface area contributed by atoms with Crippen molar-refractivity contribution in [2.45, 2.75) is 83.4 Å². The fourth-order valence-electron chi connectivity index (χ4n) is 4.18. The first-order valence-corrected chi connectivity index (χ1v) is 8.98. The van der Waals surface area contributed by atoms with Crippen molar-refractivity contribution < 1.29 is 14.4 Å². The summed E-state index contributed by atoms with van der Waals surface area (Å²) in [4.78, 5) is 19.5. The Balaban J connectivity index is 1.60. The molecule has 3 rings (SSSR count). The van der Waals surface area contributed by atoms with Crippen LogP contribution in [0.2, 0.25) is 0 Å². The normalized spacial score (nSPS) is 31.2. The standard InChI is InChI=1S/C18H30N2O3/c1-18(2,3)23-17(21)20-14-7-8-15(20)10-12(9-14)11-16(19-22-4)13-5-6-13/h12-15H,5-11H2,1-4H3. The predicted octanol–water partition coefficient (Wildman–Crippen LogP) is 3.97. The van der Waals surface area contributed by atoms with Crippen LogP contribution in [0.1, 0.15) is 65.7 Å². The van der Waals surface area contributed by atoms with Gasteiger partial charge in [-0.2, -0.15) is 0 Å². The van der Waals surface area contributed by atoms with Crippen molar-refractivity contribution >= 4 is 11.8 Å². The van der Waals surface area contributed by atoms with Crippen LogP contribution in [0.3, 0.4) is 0 Å². The van der Waals surface area contributed by atoms with Gasteiger partial charge in [-0.3, -0.25) is 0 Å². The average molecular weight is 322 g/mol. The lowest BCUT2D eigenvalue weighted by Crippen LogP contribution is -2.48. The first-order chi connectivity index (χ1) is 10.9. The van der Waals surface area contributed by atoms with E-state index in [0.29, 0.717) is 23.9 Å². The van der Waals surface area contributed by atoms with E-state index in [4.69, 9.17) is 9.57 Å². The maximum Gasteiger partial charge on any atom is 0.410 e. The molecule has 130 valence electrons. The SMILES string of the molecule is CON=C(CC1CC2CCC(C1)N2C(=O)OC(C)(C)C)C1CC1. The van der Waals surface area contributed by atoms with Crippen LogP contribution < -0.4 is 0 Å². The minimum absolute atomic E-state index is 0.128. The van der Waals surface area contributed by atoms with Gasteiger partial charge in [-0.25, -0.2) is 4.79 Å². The number of rotatable bonds is 4. The van der Waals surface area contributed by atoms with E-state index in [1.165, 1.54) is 18.6 Å². The van der Waals surface area contributed by atoms with E-state index in [-0.39, 0.29) is 6.09 Å². The van der Waals surface area contributed by atoms with Crippen LogP contribution in [-0.4, -0.2) is 41.5 Å². The topological polar surface area (TPSA) is 51.1 Å². The molecule has 2 unspecified atom stereocenters. The Kier molecular flexibility index (Phi) is 4.56. The molecule has 0 N–H and O–H groups in total. The van der Waals surface area contributed by atoms with E-state index in [1.54, 1.807) is 7.11 Å². The summed E-state index contributed by atoms with van der Waals surface area (Å²) in [6.45, 7) is 5.80. The summed E-state index contributed by atoms with van der Waals surface area (Å²) in [5, 5.41) is 4.26. The summed E-state index contributed by atoms with van der Waals surface area (Å²) in [6.07, 6.45) is 7.79. The van der Waals surface area contributed by atoms with Crippen LogP contribution in [0.15, 0.2) is 5.16 Å². The quantitative estimate of drug-likeness (QED) is 0.581. The highest BCUT2D eigenvalue weighted by molar-refractivity contribution is 5.88. The van der Waals surface area contributed by atoms with Gasteiger partial charge in [0.15, 0.2) is 0 Å². The van der Waals surface area contributed by atoms with E-state index in [1.807, 2.05) is 25.7 Å². The van der Waals surface area contributed by atoms with Crippen molar-refractivity contribution in [3.63, 3.8) is 0 Å². The molecule has 2 saturated heterocycles. The van der Waals surface area contributed by atoms with Gasteiger partial charge >= 0.3 is 6.09 Å². The number of oxime groups is 1. The van der Waals surface area contributed by atoms with Crippen molar-refractivity contribution in [1.82, 2.24) is 4.90 Å². The summed E-state index contributed by atoms with van der Waals surface area (Å²) in [5.41, 5.74) is 0.820. The first-order valence-electron chi connectivity index (χ1n) is 8.98. The fourth-order valence-corrected chi connectivity index (χ4v) is 4.18. The third-order valence-electron chi connectivity index (χ3n) is 5.19. The van der Waals surface area contributed by atoms with Crippen molar-refractivity contribution in [2.24, 2.45) is 17.0 Å². The second kappa shape index (κ2) is 6.33. The molecule has 1 amide bonds. The van der Waals surface area contributed by atoms with Gasteiger partial charge < -0.3 is 14.5 Å². The van der Waals surface area contributed by atoms with Gasteiger partial charge in [-0.1, -0.05) is 5.16 Å². The Bertz CT molecular complexity index is 465. The molecule has 1 aliphatic carbocycles. The van der Waals surface area contributed by atoms with Gasteiger partial charge in [0.1, 0.15) is 12.7 Å². The Morgan fingerprint density at radius 3 is 2.22 bits per heavy atom. The molecule has 0 aromatic rings. The molecule has 0 aromatic carbocycles. The number of nitrogens with zero attached hydrogens (tertiary/aromatic N) is 2. The summed E-state index contributed by atoms with van der Waals surface area (Å²) >= 11 is 0. The number of piperidine rings is 1. The lowest BCUT2D eigenvalue weighted by molar-refractivity contribution is 0.00246. The molecule has 5 nitrogen and oxygen atoms in total. The zero-order chi connectivity index (χ0) is 16.6. The van der Waals surface area contributed by atoms with E-state index in [2.05, 4.69) is 5.16 Å². The number of amides is 1. The molecule has 2 bridgehead atoms. The molecule has 2 aliphatic heterocycles. The van der Waals surface area contributed by atoms with Gasteiger partial charge in [0.25, 0.3) is 0 Å². The molecule has 23 heavy (non-hydrogen) atoms. The zero-order valence-electron chi connectivity index (χ0n) is 14.9. The van der Waals surface area contributed by atoms with Gasteiger partial charge in [0.2, 0.25) is 0 Å². The summed E-state index contributed by atoms with van der Waals surface area (Å²) in [6, 6.07) is 0.688. The molecule has 5 heteroatoms. The number of carbonyl (C=O) groups excluding carboxylic acids is 1. The fraction of sp³-hybridized carbons (Fsp3) is 0.889. The van der Waals surface area contributed by atoms with Gasteiger partial charge in [-0.15, -0.1) is 0 Å². The van der Waals surface area contributed by atoms with Crippen molar-refractivity contribution in [2.75, 3.05) is 7.11 Å². The maximum atomic E-state index is 12.5. The maximum absolute atomic E-state index is 12.5. The number of hydrogen-bond donors (Lipinski definition) is 0. The Morgan fingerprint density at radius 1 is 1.13 bits per heavy atom. The molecular formula is C18H30N2O3. The first kappa shape index (κ1) is 16.6. The van der Waals surface area contributed by atoms with Crippen LogP contribution in [0.5, 0.6) is 0 Å². The van der Waals surface area contributed by atoms with E-state index in [9.17, 15) is 4.79 Å². The molecule has 3 aliphatic rings. The number of hydrogen-bond acceptors (Lipinski definition) is 4. The van der Waals surface area contributed by atoms with Crippen molar-refractivity contribution in [1.29, 1.82) is 0 Å². The lowest BCUT2D eigenvalue weighted by atomic mass is 9.86. The van der Waals surface area contributed by atoms with Crippen molar-refractivity contribution in [3.8, 4) is 0 Å². The van der Waals surface area contributed by atoms with Crippen molar-refractivity contribution in [3.05, 3.63) is 0 Å². The minimum Gasteiger partial charge on any atom is -0.444 e. The molecule has 2 atom stereocenters. The number of ether oxygens (including phenoxy) is 1. The Labute approximate surface area is 139 Å². The predicted molar refractivity (Wildman–Crippen MR) is 89.4 cm³/mol. The molecule has 3 fully saturated rings. The van der Waals surface area contributed by atoms with E-state index < -0.39 is 5.60 Å². The smallest absolute Gasteiger partial charge is 0.410 e. The lowest BCUT2D eigenvalue weighted by Gasteiger charge is -2.39. The summed E-state index contributed by atoms with van der Waals surface area (Å²) < 4.78 is 5.60. The highest BCUT2D eigenvalue weighted by Crippen LogP contribution is 2.42. The average Bonchev–Trinajstić information content (AvgIpc) is 3.23. The van der Waals surface area contributed by atoms with Crippen LogP contribution in [0.25, 0.3) is 0 Å². The third-order valence-corrected chi connectivity index (χ3v) is 5.19. The van der Waals surface area contributed by atoms with Crippen LogP contribution in [-0.2, 0) is 9.57 Å². The van der Waals surface area contributed by atoms with E-state index in [0.717, 1.165) is 32.1 Å². The number of carbonyl (C=O) groups is 1. The Morgan fingerprint density at radius 2 is 1.74 bits per heavy atom. The highest BCUT2D eigenvalue weighted by Gasteiger charge is 2.45. The summed E-state index contributed by atoms with van der Waals surface area (Å²) in [7, 11) is 1.64. The largest absolute Gasteiger partial charge is 0.444 e. The highest BCUT2D eigenvalue weighted by atomic mass is 16.6. The minimum atomic E-state index is -0.419. The molecule has 0 spiro atoms. The van der Waals surface area contributed by atoms with Crippen LogP contribution >= 0.6 is 0 Å². The zero-order valence-corrected chi connectivity index (χ0v) is 14.9. The van der Waals surface area contributed by atoms with Crippen LogP contribution in [0, 0.1) is 11.8 Å². The molecule has 1 saturated carbocycles. The van der Waals surface area contributed by atoms with Crippen LogP contribution in [0.4, 0.5) is 4.79 Å². The monoisotopic (exact) mass is 322 g/mol. The molecule has 2 heterocycles. The Hall–Kier alpha value is -1.26. The van der Waals surface area contributed by atoms with Gasteiger partial charge in [0.05, 0.1) is 5.71 Å². The molecule has 0 radical (unpaired) electrons. The molecule has 0 aromatic heterocycles. The van der Waals surface area contributed by atoms with Gasteiger partial charge in [0, 0.05) is 18.0 Å². The summed E-state index contributed by atoms with van der Waals surface area (Å²) in [5.74, 6) is 1.28. The second-order valence-corrected chi connectivity index (χ2v) is 8.35. The number of fused-ring (bicyclic) bond motifs is 2. The van der Waals surface area contributed by atoms with Gasteiger partial charge in [-0.05, 0) is 71.6 Å². The third kappa shape index (κ3) is 3.99. The van der Waals surface area contributed by atoms with E-state index >= 15 is 0 Å². The molecular weight excluding hydrogens is 292 g/mol. The second-order valence-electron chi connectivity index (χ2n) is 8.35.